The molecule has 1 amide bonds. The zero-order chi connectivity index (χ0) is 12.4. The van der Waals surface area contributed by atoms with Crippen molar-refractivity contribution in [3.63, 3.8) is 0 Å². The van der Waals surface area contributed by atoms with Crippen LogP contribution in [0.2, 0.25) is 0 Å². The third-order valence-corrected chi connectivity index (χ3v) is 4.13. The third kappa shape index (κ3) is 2.80. The van der Waals surface area contributed by atoms with Crippen molar-refractivity contribution in [3.05, 3.63) is 0 Å². The van der Waals surface area contributed by atoms with E-state index in [1.807, 2.05) is 6.92 Å². The lowest BCUT2D eigenvalue weighted by Crippen LogP contribution is -2.59. The highest BCUT2D eigenvalue weighted by molar-refractivity contribution is 5.82. The average Bonchev–Trinajstić information content (AvgIpc) is 2.33. The van der Waals surface area contributed by atoms with Gasteiger partial charge in [-0.2, -0.15) is 0 Å². The van der Waals surface area contributed by atoms with Crippen LogP contribution in [0.5, 0.6) is 0 Å². The second kappa shape index (κ2) is 5.36. The Hall–Kier alpha value is -0.610. The van der Waals surface area contributed by atoms with Crippen molar-refractivity contribution in [1.29, 1.82) is 0 Å². The van der Waals surface area contributed by atoms with E-state index in [1.54, 1.807) is 0 Å². The average molecular weight is 239 g/mol. The number of piperidine rings is 1. The lowest BCUT2D eigenvalue weighted by atomic mass is 10.00. The van der Waals surface area contributed by atoms with Gasteiger partial charge >= 0.3 is 0 Å². The van der Waals surface area contributed by atoms with Crippen molar-refractivity contribution in [2.24, 2.45) is 0 Å². The highest BCUT2D eigenvalue weighted by atomic mass is 16.2. The fourth-order valence-electron chi connectivity index (χ4n) is 2.92. The molecule has 0 aliphatic carbocycles. The summed E-state index contributed by atoms with van der Waals surface area (Å²) in [4.78, 5) is 16.7. The minimum absolute atomic E-state index is 0.00637. The van der Waals surface area contributed by atoms with E-state index in [-0.39, 0.29) is 6.04 Å². The molecule has 0 saturated carbocycles. The first-order valence-corrected chi connectivity index (χ1v) is 6.87. The van der Waals surface area contributed by atoms with Crippen LogP contribution in [0.3, 0.4) is 0 Å². The van der Waals surface area contributed by atoms with Crippen LogP contribution in [0.4, 0.5) is 0 Å². The normalized spacial score (nSPS) is 29.1. The molecule has 1 N–H and O–H groups in total. The summed E-state index contributed by atoms with van der Waals surface area (Å²) < 4.78 is 0. The first kappa shape index (κ1) is 12.8. The van der Waals surface area contributed by atoms with E-state index >= 15 is 0 Å². The van der Waals surface area contributed by atoms with Gasteiger partial charge in [-0.15, -0.1) is 0 Å². The van der Waals surface area contributed by atoms with Gasteiger partial charge < -0.3 is 15.1 Å². The molecule has 98 valence electrons. The van der Waals surface area contributed by atoms with Crippen LogP contribution in [-0.4, -0.2) is 60.0 Å². The van der Waals surface area contributed by atoms with E-state index in [9.17, 15) is 4.79 Å². The van der Waals surface area contributed by atoms with Crippen LogP contribution in [0.25, 0.3) is 0 Å². The lowest BCUT2D eigenvalue weighted by Gasteiger charge is -2.42. The Bertz CT molecular complexity index is 272. The number of carbonyl (C=O) groups is 1. The maximum atomic E-state index is 12.1. The van der Waals surface area contributed by atoms with E-state index in [0.717, 1.165) is 39.0 Å². The van der Waals surface area contributed by atoms with Crippen molar-refractivity contribution in [3.8, 4) is 0 Å². The van der Waals surface area contributed by atoms with Gasteiger partial charge in [0.1, 0.15) is 0 Å². The van der Waals surface area contributed by atoms with Crippen molar-refractivity contribution >= 4 is 5.91 Å². The summed E-state index contributed by atoms with van der Waals surface area (Å²) in [6, 6.07) is 1.11. The van der Waals surface area contributed by atoms with Gasteiger partial charge in [0.15, 0.2) is 0 Å². The van der Waals surface area contributed by atoms with E-state index in [0.29, 0.717) is 18.0 Å². The number of likely N-dealkylation sites (tertiary alicyclic amines) is 1. The Morgan fingerprint density at radius 3 is 2.47 bits per heavy atom. The summed E-state index contributed by atoms with van der Waals surface area (Å²) in [6.45, 7) is 10.6. The molecule has 0 bridgehead atoms. The summed E-state index contributed by atoms with van der Waals surface area (Å²) in [5.41, 5.74) is 0. The van der Waals surface area contributed by atoms with E-state index in [1.165, 1.54) is 0 Å². The maximum absolute atomic E-state index is 12.1. The number of nitrogens with one attached hydrogen (secondary N) is 1. The van der Waals surface area contributed by atoms with E-state index < -0.39 is 0 Å². The molecule has 2 saturated heterocycles. The van der Waals surface area contributed by atoms with Gasteiger partial charge in [0, 0.05) is 38.3 Å². The standard InChI is InChI=1S/C13H25N3O/c1-10(2)15-7-4-12(5-8-15)16-9-6-14-11(3)13(16)17/h10-12,14H,4-9H2,1-3H3. The molecule has 1 unspecified atom stereocenters. The number of amides is 1. The van der Waals surface area contributed by atoms with Crippen LogP contribution in [0.1, 0.15) is 33.6 Å². The largest absolute Gasteiger partial charge is 0.337 e. The molecular formula is C13H25N3O. The molecule has 0 aromatic carbocycles. The van der Waals surface area contributed by atoms with Crippen LogP contribution in [0, 0.1) is 0 Å². The molecule has 2 aliphatic rings. The Morgan fingerprint density at radius 1 is 1.24 bits per heavy atom. The molecular weight excluding hydrogens is 214 g/mol. The fourth-order valence-corrected chi connectivity index (χ4v) is 2.92. The number of nitrogens with zero attached hydrogens (tertiary/aromatic N) is 2. The molecule has 1 atom stereocenters. The van der Waals surface area contributed by atoms with Crippen molar-refractivity contribution in [1.82, 2.24) is 15.1 Å². The highest BCUT2D eigenvalue weighted by Gasteiger charge is 2.32. The molecule has 17 heavy (non-hydrogen) atoms. The molecule has 2 rings (SSSR count). The second-order valence-corrected chi connectivity index (χ2v) is 5.57. The Labute approximate surface area is 104 Å². The molecule has 4 heteroatoms. The molecule has 0 aromatic heterocycles. The first-order valence-electron chi connectivity index (χ1n) is 6.87. The number of carbonyl (C=O) groups excluding carboxylic acids is 1. The summed E-state index contributed by atoms with van der Waals surface area (Å²) in [5, 5.41) is 3.23. The monoisotopic (exact) mass is 239 g/mol. The molecule has 4 nitrogen and oxygen atoms in total. The molecule has 2 heterocycles. The minimum Gasteiger partial charge on any atom is -0.337 e. The Kier molecular flexibility index (Phi) is 4.05. The molecule has 2 aliphatic heterocycles. The predicted molar refractivity (Wildman–Crippen MR) is 68.9 cm³/mol. The van der Waals surface area contributed by atoms with Gasteiger partial charge in [0.2, 0.25) is 5.91 Å². The number of hydrogen-bond donors (Lipinski definition) is 1. The van der Waals surface area contributed by atoms with Gasteiger partial charge in [-0.25, -0.2) is 0 Å². The van der Waals surface area contributed by atoms with Gasteiger partial charge in [0.25, 0.3) is 0 Å². The van der Waals surface area contributed by atoms with Crippen LogP contribution in [0.15, 0.2) is 0 Å². The lowest BCUT2D eigenvalue weighted by molar-refractivity contribution is -0.138. The quantitative estimate of drug-likeness (QED) is 0.770. The smallest absolute Gasteiger partial charge is 0.239 e. The second-order valence-electron chi connectivity index (χ2n) is 5.57. The van der Waals surface area contributed by atoms with Gasteiger partial charge in [-0.3, -0.25) is 4.79 Å². The maximum Gasteiger partial charge on any atom is 0.239 e. The Balaban J connectivity index is 1.89. The summed E-state index contributed by atoms with van der Waals surface area (Å²) in [5.74, 6) is 0.291. The summed E-state index contributed by atoms with van der Waals surface area (Å²) in [6.07, 6.45) is 2.27. The van der Waals surface area contributed by atoms with Crippen molar-refractivity contribution in [2.75, 3.05) is 26.2 Å². The molecule has 2 fully saturated rings. The molecule has 0 spiro atoms. The van der Waals surface area contributed by atoms with Crippen molar-refractivity contribution < 1.29 is 4.79 Å². The van der Waals surface area contributed by atoms with Gasteiger partial charge in [0.05, 0.1) is 6.04 Å². The summed E-state index contributed by atoms with van der Waals surface area (Å²) in [7, 11) is 0. The summed E-state index contributed by atoms with van der Waals surface area (Å²) >= 11 is 0. The predicted octanol–water partition coefficient (Wildman–Crippen LogP) is 0.679. The molecule has 0 radical (unpaired) electrons. The number of hydrogen-bond acceptors (Lipinski definition) is 3. The van der Waals surface area contributed by atoms with Gasteiger partial charge in [-0.05, 0) is 33.6 Å². The zero-order valence-corrected chi connectivity index (χ0v) is 11.3. The van der Waals surface area contributed by atoms with Gasteiger partial charge in [-0.1, -0.05) is 0 Å². The number of rotatable bonds is 2. The van der Waals surface area contributed by atoms with Crippen LogP contribution < -0.4 is 5.32 Å². The number of piperazine rings is 1. The highest BCUT2D eigenvalue weighted by Crippen LogP contribution is 2.19. The zero-order valence-electron chi connectivity index (χ0n) is 11.3. The third-order valence-electron chi connectivity index (χ3n) is 4.13. The SMILES string of the molecule is CC1NCCN(C2CCN(C(C)C)CC2)C1=O. The van der Waals surface area contributed by atoms with E-state index in [2.05, 4.69) is 29.0 Å². The fraction of sp³-hybridized carbons (Fsp3) is 0.923. The van der Waals surface area contributed by atoms with Crippen molar-refractivity contribution in [2.45, 2.75) is 51.7 Å². The first-order chi connectivity index (χ1) is 8.09. The van der Waals surface area contributed by atoms with Crippen LogP contribution in [-0.2, 0) is 4.79 Å². The van der Waals surface area contributed by atoms with Crippen LogP contribution >= 0.6 is 0 Å². The van der Waals surface area contributed by atoms with E-state index in [4.69, 9.17) is 0 Å². The topological polar surface area (TPSA) is 35.6 Å². The molecule has 0 aromatic rings. The minimum atomic E-state index is 0.00637. The Morgan fingerprint density at radius 2 is 1.88 bits per heavy atom.